The molecule has 0 bridgehead atoms. The first-order chi connectivity index (χ1) is 9.04. The van der Waals surface area contributed by atoms with Crippen LogP contribution in [0.15, 0.2) is 23.2 Å². The summed E-state index contributed by atoms with van der Waals surface area (Å²) in [4.78, 5) is 15.5. The molecule has 1 aromatic heterocycles. The van der Waals surface area contributed by atoms with Gasteiger partial charge in [-0.1, -0.05) is 0 Å². The second-order valence-electron chi connectivity index (χ2n) is 4.17. The smallest absolute Gasteiger partial charge is 0.245 e. The van der Waals surface area contributed by atoms with Gasteiger partial charge >= 0.3 is 0 Å². The molecule has 2 N–H and O–H groups in total. The van der Waals surface area contributed by atoms with Crippen molar-refractivity contribution < 1.29 is 13.2 Å². The van der Waals surface area contributed by atoms with E-state index < -0.39 is 10.0 Å². The molecule has 0 radical (unpaired) electrons. The van der Waals surface area contributed by atoms with Gasteiger partial charge in [0.1, 0.15) is 10.7 Å². The van der Waals surface area contributed by atoms with Crippen molar-refractivity contribution in [1.82, 2.24) is 14.6 Å². The molecule has 0 aromatic carbocycles. The zero-order chi connectivity index (χ0) is 13.9. The molecule has 1 aromatic rings. The van der Waals surface area contributed by atoms with Crippen LogP contribution < -0.4 is 10.6 Å². The minimum atomic E-state index is -3.66. The van der Waals surface area contributed by atoms with E-state index in [1.807, 2.05) is 0 Å². The van der Waals surface area contributed by atoms with Crippen molar-refractivity contribution in [2.24, 2.45) is 0 Å². The van der Waals surface area contributed by atoms with Gasteiger partial charge in [-0.25, -0.2) is 13.4 Å². The topological polar surface area (TPSA) is 91.4 Å². The number of hydrogen-bond acceptors (Lipinski definition) is 5. The highest BCUT2D eigenvalue weighted by molar-refractivity contribution is 7.89. The van der Waals surface area contributed by atoms with Crippen LogP contribution in [0, 0.1) is 0 Å². The van der Waals surface area contributed by atoms with E-state index in [1.54, 1.807) is 13.1 Å². The SMILES string of the molecule is CNc1ccc(S(=O)(=O)N2CCCNC(=O)C2)cn1. The summed E-state index contributed by atoms with van der Waals surface area (Å²) in [5.41, 5.74) is 0. The van der Waals surface area contributed by atoms with Crippen molar-refractivity contribution in [1.29, 1.82) is 0 Å². The predicted molar refractivity (Wildman–Crippen MR) is 70.2 cm³/mol. The molecule has 2 heterocycles. The predicted octanol–water partition coefficient (Wildman–Crippen LogP) is -0.366. The number of carbonyl (C=O) groups excluding carboxylic acids is 1. The third kappa shape index (κ3) is 3.02. The number of anilines is 1. The molecule has 19 heavy (non-hydrogen) atoms. The first-order valence-corrected chi connectivity index (χ1v) is 7.38. The van der Waals surface area contributed by atoms with E-state index in [-0.39, 0.29) is 17.3 Å². The van der Waals surface area contributed by atoms with E-state index in [0.29, 0.717) is 25.3 Å². The lowest BCUT2D eigenvalue weighted by Gasteiger charge is -2.18. The van der Waals surface area contributed by atoms with Crippen LogP contribution in [0.4, 0.5) is 5.82 Å². The Morgan fingerprint density at radius 1 is 1.42 bits per heavy atom. The Morgan fingerprint density at radius 3 is 2.84 bits per heavy atom. The Kier molecular flexibility index (Phi) is 4.01. The van der Waals surface area contributed by atoms with Gasteiger partial charge in [0.05, 0.1) is 6.54 Å². The number of hydrogen-bond donors (Lipinski definition) is 2. The Hall–Kier alpha value is -1.67. The van der Waals surface area contributed by atoms with Gasteiger partial charge in [0.2, 0.25) is 15.9 Å². The van der Waals surface area contributed by atoms with Crippen molar-refractivity contribution in [2.75, 3.05) is 32.0 Å². The lowest BCUT2D eigenvalue weighted by atomic mass is 10.4. The van der Waals surface area contributed by atoms with Crippen LogP contribution in [0.25, 0.3) is 0 Å². The monoisotopic (exact) mass is 284 g/mol. The van der Waals surface area contributed by atoms with Gasteiger partial charge < -0.3 is 10.6 Å². The normalized spacial score (nSPS) is 17.6. The molecule has 1 fully saturated rings. The number of amides is 1. The molecule has 2 rings (SSSR count). The summed E-state index contributed by atoms with van der Waals surface area (Å²) < 4.78 is 25.9. The summed E-state index contributed by atoms with van der Waals surface area (Å²) in [6.07, 6.45) is 1.90. The van der Waals surface area contributed by atoms with Crippen molar-refractivity contribution in [3.63, 3.8) is 0 Å². The molecular formula is C11H16N4O3S. The van der Waals surface area contributed by atoms with Crippen LogP contribution in [0.3, 0.4) is 0 Å². The average Bonchev–Trinajstić information content (AvgIpc) is 2.64. The summed E-state index contributed by atoms with van der Waals surface area (Å²) in [6.45, 7) is 0.687. The number of nitrogens with zero attached hydrogens (tertiary/aromatic N) is 2. The van der Waals surface area contributed by atoms with Crippen LogP contribution in [0.5, 0.6) is 0 Å². The Balaban J connectivity index is 2.26. The zero-order valence-electron chi connectivity index (χ0n) is 10.6. The maximum absolute atomic E-state index is 12.4. The molecule has 7 nitrogen and oxygen atoms in total. The lowest BCUT2D eigenvalue weighted by Crippen LogP contribution is -2.37. The summed E-state index contributed by atoms with van der Waals surface area (Å²) in [7, 11) is -1.96. The lowest BCUT2D eigenvalue weighted by molar-refractivity contribution is -0.120. The molecule has 0 spiro atoms. The van der Waals surface area contributed by atoms with E-state index in [2.05, 4.69) is 15.6 Å². The zero-order valence-corrected chi connectivity index (χ0v) is 11.4. The highest BCUT2D eigenvalue weighted by atomic mass is 32.2. The minimum absolute atomic E-state index is 0.0983. The van der Waals surface area contributed by atoms with Crippen LogP contribution in [0.1, 0.15) is 6.42 Å². The molecule has 1 aliphatic heterocycles. The van der Waals surface area contributed by atoms with Crippen molar-refractivity contribution in [3.8, 4) is 0 Å². The maximum Gasteiger partial charge on any atom is 0.245 e. The Labute approximate surface area is 112 Å². The van der Waals surface area contributed by atoms with E-state index in [0.717, 1.165) is 0 Å². The third-order valence-corrected chi connectivity index (χ3v) is 4.69. The third-order valence-electron chi connectivity index (χ3n) is 2.86. The number of rotatable bonds is 3. The highest BCUT2D eigenvalue weighted by Crippen LogP contribution is 2.17. The average molecular weight is 284 g/mol. The van der Waals surface area contributed by atoms with Gasteiger partial charge in [0, 0.05) is 26.3 Å². The van der Waals surface area contributed by atoms with Crippen LogP contribution >= 0.6 is 0 Å². The molecule has 0 atom stereocenters. The van der Waals surface area contributed by atoms with Crippen LogP contribution in [-0.2, 0) is 14.8 Å². The van der Waals surface area contributed by atoms with Crippen molar-refractivity contribution >= 4 is 21.7 Å². The number of sulfonamides is 1. The van der Waals surface area contributed by atoms with E-state index >= 15 is 0 Å². The van der Waals surface area contributed by atoms with Gasteiger partial charge in [-0.15, -0.1) is 0 Å². The molecule has 0 unspecified atom stereocenters. The van der Waals surface area contributed by atoms with Crippen molar-refractivity contribution in [3.05, 3.63) is 18.3 Å². The fraction of sp³-hybridized carbons (Fsp3) is 0.455. The molecule has 0 saturated carbocycles. The minimum Gasteiger partial charge on any atom is -0.373 e. The second-order valence-corrected chi connectivity index (χ2v) is 6.11. The van der Waals surface area contributed by atoms with Crippen LogP contribution in [0.2, 0.25) is 0 Å². The first kappa shape index (κ1) is 13.8. The quantitative estimate of drug-likeness (QED) is 0.790. The fourth-order valence-corrected chi connectivity index (χ4v) is 3.19. The van der Waals surface area contributed by atoms with Gasteiger partial charge in [0.15, 0.2) is 0 Å². The molecule has 1 saturated heterocycles. The summed E-state index contributed by atoms with van der Waals surface area (Å²) in [6, 6.07) is 3.07. The van der Waals surface area contributed by atoms with Crippen LogP contribution in [-0.4, -0.2) is 50.3 Å². The van der Waals surface area contributed by atoms with E-state index in [1.165, 1.54) is 16.6 Å². The second kappa shape index (κ2) is 5.54. The van der Waals surface area contributed by atoms with E-state index in [9.17, 15) is 13.2 Å². The van der Waals surface area contributed by atoms with Gasteiger partial charge in [-0.3, -0.25) is 4.79 Å². The molecule has 8 heteroatoms. The Morgan fingerprint density at radius 2 is 2.21 bits per heavy atom. The molecule has 1 amide bonds. The number of nitrogens with one attached hydrogen (secondary N) is 2. The number of aromatic nitrogens is 1. The molecule has 0 aliphatic carbocycles. The Bertz CT molecular complexity index is 556. The largest absolute Gasteiger partial charge is 0.373 e. The molecular weight excluding hydrogens is 268 g/mol. The summed E-state index contributed by atoms with van der Waals surface area (Å²) >= 11 is 0. The van der Waals surface area contributed by atoms with Gasteiger partial charge in [0.25, 0.3) is 0 Å². The van der Waals surface area contributed by atoms with Gasteiger partial charge in [-0.2, -0.15) is 4.31 Å². The van der Waals surface area contributed by atoms with Crippen molar-refractivity contribution in [2.45, 2.75) is 11.3 Å². The number of carbonyl (C=O) groups is 1. The van der Waals surface area contributed by atoms with Gasteiger partial charge in [-0.05, 0) is 18.6 Å². The summed E-state index contributed by atoms with van der Waals surface area (Å²) in [5.74, 6) is 0.313. The fourth-order valence-electron chi connectivity index (χ4n) is 1.81. The standard InChI is InChI=1S/C11H16N4O3S/c1-12-10-4-3-9(7-14-10)19(17,18)15-6-2-5-13-11(16)8-15/h3-4,7H,2,5-6,8H2,1H3,(H,12,14)(H,13,16). The highest BCUT2D eigenvalue weighted by Gasteiger charge is 2.28. The number of pyridine rings is 1. The molecule has 104 valence electrons. The molecule has 1 aliphatic rings. The first-order valence-electron chi connectivity index (χ1n) is 5.94. The van der Waals surface area contributed by atoms with E-state index in [4.69, 9.17) is 0 Å². The summed E-state index contributed by atoms with van der Waals surface area (Å²) in [5, 5.41) is 5.46. The maximum atomic E-state index is 12.4.